The van der Waals surface area contributed by atoms with E-state index in [9.17, 15) is 0 Å². The van der Waals surface area contributed by atoms with E-state index in [2.05, 4.69) is 49.6 Å². The molecule has 4 aromatic rings. The fourth-order valence-corrected chi connectivity index (χ4v) is 2.99. The van der Waals surface area contributed by atoms with Crippen molar-refractivity contribution < 1.29 is 0 Å². The number of anilines is 3. The Balaban J connectivity index is 1.60. The quantitative estimate of drug-likeness (QED) is 0.436. The third kappa shape index (κ3) is 3.98. The molecule has 138 valence electrons. The predicted octanol–water partition coefficient (Wildman–Crippen LogP) is 3.61. The first-order valence-corrected chi connectivity index (χ1v) is 9.06. The van der Waals surface area contributed by atoms with Gasteiger partial charge in [-0.25, -0.2) is 9.97 Å². The minimum Gasteiger partial charge on any atom is -0.369 e. The van der Waals surface area contributed by atoms with Gasteiger partial charge in [0.25, 0.3) is 0 Å². The zero-order valence-electron chi connectivity index (χ0n) is 15.5. The van der Waals surface area contributed by atoms with E-state index in [1.807, 2.05) is 48.5 Å². The maximum Gasteiger partial charge on any atom is 0.232 e. The van der Waals surface area contributed by atoms with Crippen molar-refractivity contribution in [3.05, 3.63) is 48.5 Å². The molecule has 7 heteroatoms. The third-order valence-corrected chi connectivity index (χ3v) is 4.30. The first-order chi connectivity index (χ1) is 13.2. The Hall–Kier alpha value is -3.19. The number of H-pyrrole nitrogens is 1. The lowest BCUT2D eigenvalue weighted by Gasteiger charge is -2.12. The molecule has 0 amide bonds. The van der Waals surface area contributed by atoms with Crippen LogP contribution in [-0.4, -0.2) is 52.0 Å². The van der Waals surface area contributed by atoms with Crippen LogP contribution in [0.2, 0.25) is 0 Å². The van der Waals surface area contributed by atoms with Crippen molar-refractivity contribution in [1.29, 1.82) is 0 Å². The van der Waals surface area contributed by atoms with Crippen LogP contribution in [0.15, 0.2) is 48.5 Å². The summed E-state index contributed by atoms with van der Waals surface area (Å²) >= 11 is 0. The van der Waals surface area contributed by atoms with Crippen molar-refractivity contribution >= 4 is 39.7 Å². The summed E-state index contributed by atoms with van der Waals surface area (Å²) in [4.78, 5) is 19.3. The van der Waals surface area contributed by atoms with Crippen LogP contribution in [0.3, 0.4) is 0 Å². The van der Waals surface area contributed by atoms with E-state index in [-0.39, 0.29) is 0 Å². The maximum absolute atomic E-state index is 4.68. The Morgan fingerprint density at radius 2 is 1.70 bits per heavy atom. The summed E-state index contributed by atoms with van der Waals surface area (Å²) in [6, 6.07) is 15.9. The summed E-state index contributed by atoms with van der Waals surface area (Å²) in [5, 5.41) is 7.66. The van der Waals surface area contributed by atoms with E-state index in [0.717, 1.165) is 47.3 Å². The van der Waals surface area contributed by atoms with E-state index in [4.69, 9.17) is 0 Å². The molecule has 2 heterocycles. The van der Waals surface area contributed by atoms with Gasteiger partial charge in [-0.1, -0.05) is 24.3 Å². The molecule has 0 aliphatic rings. The summed E-state index contributed by atoms with van der Waals surface area (Å²) in [5.41, 5.74) is 2.77. The largest absolute Gasteiger partial charge is 0.369 e. The number of para-hydroxylation sites is 3. The van der Waals surface area contributed by atoms with Crippen molar-refractivity contribution in [3.8, 4) is 0 Å². The van der Waals surface area contributed by atoms with Gasteiger partial charge in [0.1, 0.15) is 5.82 Å². The van der Waals surface area contributed by atoms with Crippen LogP contribution in [-0.2, 0) is 0 Å². The predicted molar refractivity (Wildman–Crippen MR) is 111 cm³/mol. The Bertz CT molecular complexity index is 1020. The van der Waals surface area contributed by atoms with Crippen LogP contribution in [0.25, 0.3) is 21.9 Å². The molecule has 0 radical (unpaired) electrons. The number of imidazole rings is 1. The van der Waals surface area contributed by atoms with E-state index in [0.29, 0.717) is 11.9 Å². The molecule has 0 aliphatic heterocycles. The van der Waals surface area contributed by atoms with Crippen molar-refractivity contribution in [2.24, 2.45) is 0 Å². The molecule has 0 saturated heterocycles. The van der Waals surface area contributed by atoms with Gasteiger partial charge in [0, 0.05) is 11.9 Å². The second-order valence-electron chi connectivity index (χ2n) is 6.72. The molecular weight excluding hydrogens is 338 g/mol. The molecule has 4 rings (SSSR count). The monoisotopic (exact) mass is 361 g/mol. The smallest absolute Gasteiger partial charge is 0.232 e. The van der Waals surface area contributed by atoms with Crippen LogP contribution >= 0.6 is 0 Å². The third-order valence-electron chi connectivity index (χ3n) is 4.30. The van der Waals surface area contributed by atoms with Crippen LogP contribution in [0.5, 0.6) is 0 Å². The summed E-state index contributed by atoms with van der Waals surface area (Å²) < 4.78 is 0. The fraction of sp³-hybridized carbons (Fsp3) is 0.250. The lowest BCUT2D eigenvalue weighted by atomic mass is 10.2. The molecule has 0 unspecified atom stereocenters. The number of aromatic amines is 1. The van der Waals surface area contributed by atoms with Crippen molar-refractivity contribution in [2.75, 3.05) is 37.8 Å². The summed E-state index contributed by atoms with van der Waals surface area (Å²) in [6.45, 7) is 1.88. The average molecular weight is 361 g/mol. The Kier molecular flexibility index (Phi) is 4.84. The van der Waals surface area contributed by atoms with Gasteiger partial charge in [-0.05, 0) is 51.3 Å². The van der Waals surface area contributed by atoms with Gasteiger partial charge in [0.2, 0.25) is 11.9 Å². The summed E-state index contributed by atoms with van der Waals surface area (Å²) in [7, 11) is 4.16. The Labute approximate surface area is 157 Å². The average Bonchev–Trinajstić information content (AvgIpc) is 3.07. The van der Waals surface area contributed by atoms with Crippen LogP contribution in [0.4, 0.5) is 17.7 Å². The fourth-order valence-electron chi connectivity index (χ4n) is 2.99. The normalized spacial score (nSPS) is 11.4. The molecule has 7 nitrogen and oxygen atoms in total. The van der Waals surface area contributed by atoms with Gasteiger partial charge < -0.3 is 15.2 Å². The second-order valence-corrected chi connectivity index (χ2v) is 6.72. The molecule has 0 atom stereocenters. The first-order valence-electron chi connectivity index (χ1n) is 9.06. The molecule has 2 aromatic carbocycles. The number of benzene rings is 2. The first kappa shape index (κ1) is 17.2. The molecule has 0 saturated carbocycles. The maximum atomic E-state index is 4.68. The molecular formula is C20H23N7. The highest BCUT2D eigenvalue weighted by atomic mass is 15.2. The van der Waals surface area contributed by atoms with Crippen LogP contribution in [0, 0.1) is 0 Å². The van der Waals surface area contributed by atoms with E-state index in [1.54, 1.807) is 0 Å². The van der Waals surface area contributed by atoms with Gasteiger partial charge in [0.05, 0.1) is 16.6 Å². The summed E-state index contributed by atoms with van der Waals surface area (Å²) in [6.07, 6.45) is 1.04. The highest BCUT2D eigenvalue weighted by Gasteiger charge is 2.09. The Morgan fingerprint density at radius 1 is 0.926 bits per heavy atom. The lowest BCUT2D eigenvalue weighted by molar-refractivity contribution is 0.405. The van der Waals surface area contributed by atoms with Crippen LogP contribution < -0.4 is 10.6 Å². The molecule has 0 fully saturated rings. The number of fused-ring (bicyclic) bond motifs is 2. The SMILES string of the molecule is CN(C)CCCNc1nc(Nc2nc3ccccc3[nH]2)nc2ccccc12. The zero-order chi connectivity index (χ0) is 18.6. The molecule has 0 aliphatic carbocycles. The number of nitrogens with zero attached hydrogens (tertiary/aromatic N) is 4. The second kappa shape index (κ2) is 7.59. The van der Waals surface area contributed by atoms with Gasteiger partial charge in [-0.2, -0.15) is 4.98 Å². The number of hydrogen-bond donors (Lipinski definition) is 3. The minimum atomic E-state index is 0.517. The molecule has 27 heavy (non-hydrogen) atoms. The van der Waals surface area contributed by atoms with Gasteiger partial charge in [0.15, 0.2) is 0 Å². The van der Waals surface area contributed by atoms with Gasteiger partial charge in [-0.3, -0.25) is 5.32 Å². The Morgan fingerprint density at radius 3 is 2.52 bits per heavy atom. The van der Waals surface area contributed by atoms with Gasteiger partial charge >= 0.3 is 0 Å². The zero-order valence-corrected chi connectivity index (χ0v) is 15.5. The van der Waals surface area contributed by atoms with E-state index >= 15 is 0 Å². The lowest BCUT2D eigenvalue weighted by Crippen LogP contribution is -2.17. The number of aromatic nitrogens is 4. The molecule has 0 spiro atoms. The number of hydrogen-bond acceptors (Lipinski definition) is 6. The van der Waals surface area contributed by atoms with E-state index < -0.39 is 0 Å². The van der Waals surface area contributed by atoms with Gasteiger partial charge in [-0.15, -0.1) is 0 Å². The van der Waals surface area contributed by atoms with E-state index in [1.165, 1.54) is 0 Å². The van der Waals surface area contributed by atoms with Crippen molar-refractivity contribution in [2.45, 2.75) is 6.42 Å². The van der Waals surface area contributed by atoms with Crippen molar-refractivity contribution in [3.63, 3.8) is 0 Å². The highest BCUT2D eigenvalue weighted by molar-refractivity contribution is 5.90. The number of rotatable bonds is 7. The molecule has 0 bridgehead atoms. The topological polar surface area (TPSA) is 81.8 Å². The minimum absolute atomic E-state index is 0.517. The molecule has 3 N–H and O–H groups in total. The summed E-state index contributed by atoms with van der Waals surface area (Å²) in [5.74, 6) is 1.98. The number of nitrogens with one attached hydrogen (secondary N) is 3. The highest BCUT2D eigenvalue weighted by Crippen LogP contribution is 2.23. The van der Waals surface area contributed by atoms with Crippen molar-refractivity contribution in [1.82, 2.24) is 24.8 Å². The molecule has 2 aromatic heterocycles. The standard InChI is InChI=1S/C20H23N7/c1-27(2)13-7-12-21-18-14-8-3-4-9-15(14)22-20(25-18)26-19-23-16-10-5-6-11-17(16)24-19/h3-6,8-11H,7,12-13H2,1-2H3,(H3,21,22,23,24,25,26). The van der Waals surface area contributed by atoms with Crippen LogP contribution in [0.1, 0.15) is 6.42 Å².